The van der Waals surface area contributed by atoms with Crippen LogP contribution in [-0.2, 0) is 13.0 Å². The maximum absolute atomic E-state index is 12.7. The molecule has 3 nitrogen and oxygen atoms in total. The van der Waals surface area contributed by atoms with Crippen molar-refractivity contribution in [1.29, 1.82) is 0 Å². The van der Waals surface area contributed by atoms with Gasteiger partial charge in [-0.25, -0.2) is 0 Å². The van der Waals surface area contributed by atoms with Crippen LogP contribution in [0.15, 0.2) is 18.2 Å². The van der Waals surface area contributed by atoms with Crippen molar-refractivity contribution in [2.75, 3.05) is 13.1 Å². The maximum Gasteiger partial charge on any atom is 0.254 e. The number of rotatable bonds is 4. The van der Waals surface area contributed by atoms with Crippen molar-refractivity contribution in [3.8, 4) is 0 Å². The zero-order valence-corrected chi connectivity index (χ0v) is 12.5. The Labute approximate surface area is 121 Å². The highest BCUT2D eigenvalue weighted by Gasteiger charge is 2.29. The maximum atomic E-state index is 12.7. The fourth-order valence-electron chi connectivity index (χ4n) is 2.89. The van der Waals surface area contributed by atoms with E-state index in [9.17, 15) is 4.79 Å². The highest BCUT2D eigenvalue weighted by atomic mass is 16.2. The highest BCUT2D eigenvalue weighted by Crippen LogP contribution is 2.31. The molecule has 0 radical (unpaired) electrons. The molecule has 1 aromatic rings. The Morgan fingerprint density at radius 1 is 1.35 bits per heavy atom. The van der Waals surface area contributed by atoms with E-state index in [0.717, 1.165) is 37.5 Å². The fraction of sp³-hybridized carbons (Fsp3) is 0.588. The zero-order valence-electron chi connectivity index (χ0n) is 12.5. The summed E-state index contributed by atoms with van der Waals surface area (Å²) in [6.45, 7) is 7.08. The van der Waals surface area contributed by atoms with Crippen LogP contribution in [0.3, 0.4) is 0 Å². The van der Waals surface area contributed by atoms with E-state index in [-0.39, 0.29) is 11.9 Å². The van der Waals surface area contributed by atoms with Crippen LogP contribution in [0.25, 0.3) is 0 Å². The second kappa shape index (κ2) is 5.57. The SMILES string of the molecule is CC(C)N(CC1CC1)C(=O)c1ccc2c(c1)CNCC2. The number of carbonyl (C=O) groups is 1. The van der Waals surface area contributed by atoms with Crippen LogP contribution in [0.5, 0.6) is 0 Å². The molecule has 0 aromatic heterocycles. The van der Waals surface area contributed by atoms with Gasteiger partial charge in [-0.1, -0.05) is 6.07 Å². The molecule has 0 bridgehead atoms. The molecule has 1 aromatic carbocycles. The average molecular weight is 272 g/mol. The summed E-state index contributed by atoms with van der Waals surface area (Å²) in [4.78, 5) is 14.8. The van der Waals surface area contributed by atoms with E-state index in [4.69, 9.17) is 0 Å². The van der Waals surface area contributed by atoms with Gasteiger partial charge in [-0.15, -0.1) is 0 Å². The predicted octanol–water partition coefficient (Wildman–Crippen LogP) is 2.59. The number of nitrogens with zero attached hydrogens (tertiary/aromatic N) is 1. The van der Waals surface area contributed by atoms with Crippen molar-refractivity contribution < 1.29 is 4.79 Å². The van der Waals surface area contributed by atoms with Gasteiger partial charge < -0.3 is 10.2 Å². The Kier molecular flexibility index (Phi) is 3.79. The molecule has 1 aliphatic carbocycles. The lowest BCUT2D eigenvalue weighted by atomic mass is 9.98. The molecular formula is C17H24N2O. The summed E-state index contributed by atoms with van der Waals surface area (Å²) in [5, 5.41) is 3.38. The van der Waals surface area contributed by atoms with Crippen molar-refractivity contribution in [3.63, 3.8) is 0 Å². The van der Waals surface area contributed by atoms with E-state index in [1.807, 2.05) is 11.0 Å². The first-order valence-corrected chi connectivity index (χ1v) is 7.78. The van der Waals surface area contributed by atoms with Gasteiger partial charge in [-0.2, -0.15) is 0 Å². The van der Waals surface area contributed by atoms with E-state index >= 15 is 0 Å². The number of benzene rings is 1. The molecule has 1 heterocycles. The van der Waals surface area contributed by atoms with Crippen LogP contribution in [0.4, 0.5) is 0 Å². The van der Waals surface area contributed by atoms with E-state index in [1.165, 1.54) is 24.0 Å². The Morgan fingerprint density at radius 3 is 2.85 bits per heavy atom. The minimum Gasteiger partial charge on any atom is -0.336 e. The molecule has 1 aliphatic heterocycles. The lowest BCUT2D eigenvalue weighted by Gasteiger charge is -2.27. The predicted molar refractivity (Wildman–Crippen MR) is 80.7 cm³/mol. The Balaban J connectivity index is 1.80. The summed E-state index contributed by atoms with van der Waals surface area (Å²) in [5.41, 5.74) is 3.53. The lowest BCUT2D eigenvalue weighted by molar-refractivity contribution is 0.0696. The molecule has 1 N–H and O–H groups in total. The third-order valence-corrected chi connectivity index (χ3v) is 4.38. The summed E-state index contributed by atoms with van der Waals surface area (Å²) < 4.78 is 0. The molecule has 0 spiro atoms. The summed E-state index contributed by atoms with van der Waals surface area (Å²) in [5.74, 6) is 0.931. The van der Waals surface area contributed by atoms with Crippen molar-refractivity contribution in [3.05, 3.63) is 34.9 Å². The van der Waals surface area contributed by atoms with Crippen molar-refractivity contribution in [1.82, 2.24) is 10.2 Å². The monoisotopic (exact) mass is 272 g/mol. The third-order valence-electron chi connectivity index (χ3n) is 4.38. The van der Waals surface area contributed by atoms with Gasteiger partial charge in [0.2, 0.25) is 0 Å². The number of nitrogens with one attached hydrogen (secondary N) is 1. The standard InChI is InChI=1S/C17H24N2O/c1-12(2)19(11-13-3-4-13)17(20)15-6-5-14-7-8-18-10-16(14)9-15/h5-6,9,12-13,18H,3-4,7-8,10-11H2,1-2H3. The molecule has 20 heavy (non-hydrogen) atoms. The number of carbonyl (C=O) groups excluding carboxylic acids is 1. The van der Waals surface area contributed by atoms with Gasteiger partial charge in [0, 0.05) is 24.7 Å². The van der Waals surface area contributed by atoms with Crippen molar-refractivity contribution in [2.24, 2.45) is 5.92 Å². The smallest absolute Gasteiger partial charge is 0.254 e. The topological polar surface area (TPSA) is 32.3 Å². The first-order chi connectivity index (χ1) is 9.65. The summed E-state index contributed by atoms with van der Waals surface area (Å²) in [6, 6.07) is 6.51. The third kappa shape index (κ3) is 2.88. The summed E-state index contributed by atoms with van der Waals surface area (Å²) in [7, 11) is 0. The first-order valence-electron chi connectivity index (χ1n) is 7.78. The molecule has 1 fully saturated rings. The molecule has 0 atom stereocenters. The molecule has 2 aliphatic rings. The van der Waals surface area contributed by atoms with Gasteiger partial charge in [0.25, 0.3) is 5.91 Å². The Bertz CT molecular complexity index is 506. The number of hydrogen-bond donors (Lipinski definition) is 1. The Morgan fingerprint density at radius 2 is 2.15 bits per heavy atom. The molecule has 108 valence electrons. The van der Waals surface area contributed by atoms with Crippen molar-refractivity contribution >= 4 is 5.91 Å². The van der Waals surface area contributed by atoms with Gasteiger partial charge in [0.1, 0.15) is 0 Å². The highest BCUT2D eigenvalue weighted by molar-refractivity contribution is 5.94. The molecule has 3 rings (SSSR count). The summed E-state index contributed by atoms with van der Waals surface area (Å²) in [6.07, 6.45) is 3.63. The molecule has 1 saturated carbocycles. The van der Waals surface area contributed by atoms with E-state index < -0.39 is 0 Å². The molecular weight excluding hydrogens is 248 g/mol. The van der Waals surface area contributed by atoms with E-state index in [1.54, 1.807) is 0 Å². The van der Waals surface area contributed by atoms with Crippen LogP contribution in [-0.4, -0.2) is 29.9 Å². The zero-order chi connectivity index (χ0) is 14.1. The van der Waals surface area contributed by atoms with E-state index in [2.05, 4.69) is 31.3 Å². The van der Waals surface area contributed by atoms with E-state index in [0.29, 0.717) is 0 Å². The molecule has 1 amide bonds. The first kappa shape index (κ1) is 13.6. The minimum atomic E-state index is 0.195. The van der Waals surface area contributed by atoms with Gasteiger partial charge in [0.05, 0.1) is 0 Å². The van der Waals surface area contributed by atoms with Gasteiger partial charge >= 0.3 is 0 Å². The van der Waals surface area contributed by atoms with Gasteiger partial charge in [-0.3, -0.25) is 4.79 Å². The van der Waals surface area contributed by atoms with Gasteiger partial charge in [-0.05, 0) is 68.8 Å². The van der Waals surface area contributed by atoms with Crippen LogP contribution in [0, 0.1) is 5.92 Å². The van der Waals surface area contributed by atoms with Crippen LogP contribution >= 0.6 is 0 Å². The average Bonchev–Trinajstić information content (AvgIpc) is 3.27. The van der Waals surface area contributed by atoms with Crippen LogP contribution in [0.2, 0.25) is 0 Å². The number of fused-ring (bicyclic) bond motifs is 1. The minimum absolute atomic E-state index is 0.195. The van der Waals surface area contributed by atoms with Crippen LogP contribution in [0.1, 0.15) is 48.2 Å². The second-order valence-electron chi connectivity index (χ2n) is 6.40. The number of amides is 1. The van der Waals surface area contributed by atoms with Crippen molar-refractivity contribution in [2.45, 2.75) is 45.7 Å². The largest absolute Gasteiger partial charge is 0.336 e. The number of hydrogen-bond acceptors (Lipinski definition) is 2. The second-order valence-corrected chi connectivity index (χ2v) is 6.40. The molecule has 3 heteroatoms. The molecule has 0 saturated heterocycles. The quantitative estimate of drug-likeness (QED) is 0.913. The summed E-state index contributed by atoms with van der Waals surface area (Å²) >= 11 is 0. The van der Waals surface area contributed by atoms with Crippen LogP contribution < -0.4 is 5.32 Å². The van der Waals surface area contributed by atoms with Gasteiger partial charge in [0.15, 0.2) is 0 Å². The Hall–Kier alpha value is -1.35. The fourth-order valence-corrected chi connectivity index (χ4v) is 2.89. The lowest BCUT2D eigenvalue weighted by Crippen LogP contribution is -2.38. The molecule has 0 unspecified atom stereocenters. The normalized spacial score (nSPS) is 17.9.